The minimum absolute atomic E-state index is 0.0325. The van der Waals surface area contributed by atoms with Gasteiger partial charge in [0.25, 0.3) is 0 Å². The van der Waals surface area contributed by atoms with Gasteiger partial charge in [-0.05, 0) is 59.2 Å². The molecule has 0 aliphatic heterocycles. The minimum atomic E-state index is -3.67. The number of rotatable bonds is 12. The van der Waals surface area contributed by atoms with E-state index in [-0.39, 0.29) is 43.3 Å². The maximum Gasteiger partial charge on any atom is 0.242 e. The number of hydrogen-bond acceptors (Lipinski definition) is 5. The van der Waals surface area contributed by atoms with Gasteiger partial charge in [-0.25, -0.2) is 12.8 Å². The van der Waals surface area contributed by atoms with Crippen LogP contribution in [0.25, 0.3) is 0 Å². The van der Waals surface area contributed by atoms with Gasteiger partial charge in [-0.3, -0.25) is 13.9 Å². The summed E-state index contributed by atoms with van der Waals surface area (Å²) in [6.07, 6.45) is 1.25. The highest BCUT2D eigenvalue weighted by Gasteiger charge is 2.29. The van der Waals surface area contributed by atoms with Crippen LogP contribution in [0.1, 0.15) is 53.0 Å². The van der Waals surface area contributed by atoms with E-state index < -0.39 is 27.4 Å². The zero-order valence-corrected chi connectivity index (χ0v) is 23.3. The first-order chi connectivity index (χ1) is 17.2. The number of nitrogens with one attached hydrogen (secondary N) is 1. The molecule has 0 bridgehead atoms. The molecule has 2 rings (SSSR count). The third-order valence-corrected chi connectivity index (χ3v) is 6.73. The fraction of sp³-hybridized carbons (Fsp3) is 0.481. The van der Waals surface area contributed by atoms with Crippen molar-refractivity contribution in [3.8, 4) is 5.75 Å². The fourth-order valence-corrected chi connectivity index (χ4v) is 4.76. The largest absolute Gasteiger partial charge is 0.492 e. The predicted molar refractivity (Wildman–Crippen MR) is 143 cm³/mol. The lowest BCUT2D eigenvalue weighted by atomic mass is 10.1. The van der Waals surface area contributed by atoms with Gasteiger partial charge >= 0.3 is 0 Å². The third kappa shape index (κ3) is 9.03. The maximum atomic E-state index is 14.4. The van der Waals surface area contributed by atoms with Crippen molar-refractivity contribution in [2.24, 2.45) is 0 Å². The number of para-hydroxylation sites is 2. The van der Waals surface area contributed by atoms with Crippen LogP contribution in [-0.4, -0.2) is 56.1 Å². The van der Waals surface area contributed by atoms with Crippen molar-refractivity contribution in [3.05, 3.63) is 59.9 Å². The molecule has 0 saturated carbocycles. The quantitative estimate of drug-likeness (QED) is 0.442. The first-order valence-corrected chi connectivity index (χ1v) is 14.1. The van der Waals surface area contributed by atoms with Crippen LogP contribution in [0.15, 0.2) is 48.5 Å². The van der Waals surface area contributed by atoms with E-state index in [1.165, 1.54) is 15.3 Å². The predicted octanol–water partition coefficient (Wildman–Crippen LogP) is 4.10. The van der Waals surface area contributed by atoms with Gasteiger partial charge in [0.15, 0.2) is 0 Å². The topological polar surface area (TPSA) is 96.0 Å². The van der Waals surface area contributed by atoms with Crippen molar-refractivity contribution < 1.29 is 27.1 Å². The number of ether oxygens (including phenoxy) is 1. The van der Waals surface area contributed by atoms with Gasteiger partial charge in [0.05, 0.1) is 18.6 Å². The first-order valence-electron chi connectivity index (χ1n) is 12.3. The van der Waals surface area contributed by atoms with Gasteiger partial charge in [0.2, 0.25) is 21.8 Å². The van der Waals surface area contributed by atoms with Crippen LogP contribution >= 0.6 is 0 Å². The SMILES string of the molecule is CCOc1ccccc1N(CCCC(=O)N(Cc1ccccc1F)C(C)C(=O)NC(C)(C)C)S(C)(=O)=O. The monoisotopic (exact) mass is 535 g/mol. The van der Waals surface area contributed by atoms with Gasteiger partial charge in [0.1, 0.15) is 17.6 Å². The summed E-state index contributed by atoms with van der Waals surface area (Å²) in [5.74, 6) is -0.790. The number of carbonyl (C=O) groups is 2. The normalized spacial score (nSPS) is 12.5. The van der Waals surface area contributed by atoms with E-state index in [9.17, 15) is 22.4 Å². The molecule has 0 aliphatic carbocycles. The van der Waals surface area contributed by atoms with Gasteiger partial charge in [-0.15, -0.1) is 0 Å². The fourth-order valence-electron chi connectivity index (χ4n) is 3.79. The summed E-state index contributed by atoms with van der Waals surface area (Å²) in [6, 6.07) is 12.0. The summed E-state index contributed by atoms with van der Waals surface area (Å²) in [6.45, 7) is 9.22. The van der Waals surface area contributed by atoms with Crippen molar-refractivity contribution in [1.82, 2.24) is 10.2 Å². The number of hydrogen-bond donors (Lipinski definition) is 1. The molecule has 1 N–H and O–H groups in total. The van der Waals surface area contributed by atoms with E-state index in [1.807, 2.05) is 20.8 Å². The highest BCUT2D eigenvalue weighted by molar-refractivity contribution is 7.92. The number of amides is 2. The van der Waals surface area contributed by atoms with Gasteiger partial charge in [-0.1, -0.05) is 30.3 Å². The molecule has 0 saturated heterocycles. The molecule has 1 atom stereocenters. The third-order valence-electron chi connectivity index (χ3n) is 5.55. The number of sulfonamides is 1. The lowest BCUT2D eigenvalue weighted by molar-refractivity contribution is -0.141. The Hall–Kier alpha value is -3.14. The van der Waals surface area contributed by atoms with Crippen LogP contribution in [0.3, 0.4) is 0 Å². The van der Waals surface area contributed by atoms with E-state index in [4.69, 9.17) is 4.74 Å². The van der Waals surface area contributed by atoms with Crippen molar-refractivity contribution in [2.75, 3.05) is 23.7 Å². The number of halogens is 1. The van der Waals surface area contributed by atoms with Crippen LogP contribution in [0.4, 0.5) is 10.1 Å². The first kappa shape index (κ1) is 30.1. The highest BCUT2D eigenvalue weighted by Crippen LogP contribution is 2.30. The second-order valence-corrected chi connectivity index (χ2v) is 11.8. The zero-order valence-electron chi connectivity index (χ0n) is 22.5. The van der Waals surface area contributed by atoms with Crippen LogP contribution in [0.5, 0.6) is 5.75 Å². The van der Waals surface area contributed by atoms with E-state index in [2.05, 4.69) is 5.32 Å². The molecule has 10 heteroatoms. The summed E-state index contributed by atoms with van der Waals surface area (Å²) in [7, 11) is -3.67. The molecule has 2 aromatic carbocycles. The van der Waals surface area contributed by atoms with Crippen molar-refractivity contribution in [1.29, 1.82) is 0 Å². The highest BCUT2D eigenvalue weighted by atomic mass is 32.2. The summed E-state index contributed by atoms with van der Waals surface area (Å²) < 4.78 is 46.4. The number of anilines is 1. The number of nitrogens with zero attached hydrogens (tertiary/aromatic N) is 2. The van der Waals surface area contributed by atoms with Crippen LogP contribution in [0.2, 0.25) is 0 Å². The van der Waals surface area contributed by atoms with E-state index in [1.54, 1.807) is 56.3 Å². The summed E-state index contributed by atoms with van der Waals surface area (Å²) >= 11 is 0. The molecule has 2 aromatic rings. The smallest absolute Gasteiger partial charge is 0.242 e. The summed E-state index contributed by atoms with van der Waals surface area (Å²) in [5.41, 5.74) is 0.164. The second-order valence-electron chi connectivity index (χ2n) is 9.87. The lowest BCUT2D eigenvalue weighted by Crippen LogP contribution is -2.52. The molecule has 2 amide bonds. The molecule has 0 aromatic heterocycles. The molecule has 0 aliphatic rings. The Morgan fingerprint density at radius 1 is 1.08 bits per heavy atom. The lowest BCUT2D eigenvalue weighted by Gasteiger charge is -2.32. The van der Waals surface area contributed by atoms with Crippen LogP contribution in [-0.2, 0) is 26.2 Å². The average molecular weight is 536 g/mol. The van der Waals surface area contributed by atoms with Crippen molar-refractivity contribution in [2.45, 2.75) is 65.6 Å². The van der Waals surface area contributed by atoms with E-state index in [0.29, 0.717) is 18.0 Å². The Morgan fingerprint density at radius 2 is 1.70 bits per heavy atom. The Bertz CT molecular complexity index is 1180. The molecule has 1 unspecified atom stereocenters. The van der Waals surface area contributed by atoms with E-state index in [0.717, 1.165) is 6.26 Å². The standard InChI is InChI=1S/C27H38FN3O5S/c1-7-36-24-16-11-10-15-23(24)31(37(6,34)35)18-12-17-25(32)30(19-21-13-8-9-14-22(21)28)20(2)26(33)29-27(3,4)5/h8-11,13-16,20H,7,12,17-19H2,1-6H3,(H,29,33). The molecule has 0 radical (unpaired) electrons. The molecule has 37 heavy (non-hydrogen) atoms. The molecule has 0 heterocycles. The van der Waals surface area contributed by atoms with Gasteiger partial charge < -0.3 is 15.0 Å². The van der Waals surface area contributed by atoms with Gasteiger partial charge in [-0.2, -0.15) is 0 Å². The number of benzene rings is 2. The Balaban J connectivity index is 2.24. The maximum absolute atomic E-state index is 14.4. The Morgan fingerprint density at radius 3 is 2.30 bits per heavy atom. The Labute approximate surface area is 219 Å². The Kier molecular flexibility index (Phi) is 10.5. The molecule has 204 valence electrons. The summed E-state index contributed by atoms with van der Waals surface area (Å²) in [4.78, 5) is 27.5. The van der Waals surface area contributed by atoms with Crippen molar-refractivity contribution in [3.63, 3.8) is 0 Å². The van der Waals surface area contributed by atoms with E-state index >= 15 is 0 Å². The van der Waals surface area contributed by atoms with Crippen molar-refractivity contribution >= 4 is 27.5 Å². The van der Waals surface area contributed by atoms with Gasteiger partial charge in [0, 0.05) is 30.6 Å². The molecular formula is C27H38FN3O5S. The molecule has 0 spiro atoms. The molecular weight excluding hydrogens is 497 g/mol. The zero-order chi connectivity index (χ0) is 27.8. The van der Waals surface area contributed by atoms with Crippen LogP contribution < -0.4 is 14.4 Å². The van der Waals surface area contributed by atoms with Crippen LogP contribution in [0, 0.1) is 5.82 Å². The average Bonchev–Trinajstić information content (AvgIpc) is 2.79. The second kappa shape index (κ2) is 12.9. The molecule has 8 nitrogen and oxygen atoms in total. The number of carbonyl (C=O) groups excluding carboxylic acids is 2. The molecule has 0 fully saturated rings. The summed E-state index contributed by atoms with van der Waals surface area (Å²) in [5, 5.41) is 2.86. The minimum Gasteiger partial charge on any atom is -0.492 e.